The third kappa shape index (κ3) is 7.77. The fourth-order valence-corrected chi connectivity index (χ4v) is 5.14. The molecular weight excluding hydrogens is 511 g/mol. The van der Waals surface area contributed by atoms with Gasteiger partial charge in [0.05, 0.1) is 30.3 Å². The van der Waals surface area contributed by atoms with Crippen LogP contribution in [0.15, 0.2) is 30.3 Å². The third-order valence-corrected chi connectivity index (χ3v) is 7.26. The van der Waals surface area contributed by atoms with Gasteiger partial charge in [0.1, 0.15) is 12.4 Å². The van der Waals surface area contributed by atoms with Crippen LogP contribution < -0.4 is 30.7 Å². The minimum absolute atomic E-state index is 0.103. The predicted molar refractivity (Wildman–Crippen MR) is 156 cm³/mol. The number of fused-ring (bicyclic) bond motifs is 1. The number of hydrogen-bond donors (Lipinski definition) is 4. The van der Waals surface area contributed by atoms with Crippen LogP contribution in [0.3, 0.4) is 0 Å². The Morgan fingerprint density at radius 1 is 1.20 bits per heavy atom. The summed E-state index contributed by atoms with van der Waals surface area (Å²) in [6.07, 6.45) is 4.45. The first-order valence-corrected chi connectivity index (χ1v) is 14.2. The number of amides is 1. The summed E-state index contributed by atoms with van der Waals surface area (Å²) in [6.45, 7) is 4.95. The Morgan fingerprint density at radius 3 is 2.75 bits per heavy atom. The Bertz CT molecular complexity index is 1190. The van der Waals surface area contributed by atoms with Gasteiger partial charge in [0.2, 0.25) is 5.91 Å². The number of rotatable bonds is 12. The van der Waals surface area contributed by atoms with Crippen molar-refractivity contribution in [2.24, 2.45) is 5.92 Å². The molecule has 1 saturated heterocycles. The highest BCUT2D eigenvalue weighted by atomic mass is 19.1. The van der Waals surface area contributed by atoms with E-state index in [1.54, 1.807) is 12.1 Å². The number of nitrogens with one attached hydrogen (secondary N) is 4. The van der Waals surface area contributed by atoms with Crippen LogP contribution in [-0.2, 0) is 4.79 Å². The molecule has 40 heavy (non-hydrogen) atoms. The van der Waals surface area contributed by atoms with E-state index in [2.05, 4.69) is 27.3 Å². The van der Waals surface area contributed by atoms with E-state index in [1.807, 2.05) is 38.1 Å². The summed E-state index contributed by atoms with van der Waals surface area (Å²) in [4.78, 5) is 14.7. The lowest BCUT2D eigenvalue weighted by Gasteiger charge is -2.33. The van der Waals surface area contributed by atoms with Crippen LogP contribution in [0.25, 0.3) is 0 Å². The van der Waals surface area contributed by atoms with Gasteiger partial charge in [0, 0.05) is 48.1 Å². The number of carbonyl (C=O) groups is 1. The van der Waals surface area contributed by atoms with Gasteiger partial charge in [-0.05, 0) is 71.6 Å². The van der Waals surface area contributed by atoms with Crippen LogP contribution in [0.4, 0.5) is 21.5 Å². The van der Waals surface area contributed by atoms with Gasteiger partial charge in [0.15, 0.2) is 11.6 Å². The molecule has 0 radical (unpaired) electrons. The molecule has 2 heterocycles. The lowest BCUT2D eigenvalue weighted by Crippen LogP contribution is -2.38. The fraction of sp³-hybridized carbons (Fsp3) is 0.533. The second-order valence-electron chi connectivity index (χ2n) is 10.7. The lowest BCUT2D eigenvalue weighted by molar-refractivity contribution is -0.116. The van der Waals surface area contributed by atoms with Gasteiger partial charge < -0.3 is 35.6 Å². The molecule has 216 valence electrons. The molecule has 0 aromatic heterocycles. The van der Waals surface area contributed by atoms with Crippen LogP contribution in [0, 0.1) is 23.1 Å². The van der Waals surface area contributed by atoms with E-state index in [-0.39, 0.29) is 17.7 Å². The quantitative estimate of drug-likeness (QED) is 0.299. The molecule has 2 aromatic carbocycles. The average molecular weight is 553 g/mol. The molecule has 0 saturated carbocycles. The number of nitrogens with zero attached hydrogens (tertiary/aromatic N) is 2. The summed E-state index contributed by atoms with van der Waals surface area (Å²) in [5.74, 6) is -0.217. The number of carbonyl (C=O) groups excluding carboxylic acids is 1. The normalized spacial score (nSPS) is 20.1. The molecule has 2 aliphatic heterocycles. The molecule has 0 spiro atoms. The van der Waals surface area contributed by atoms with Gasteiger partial charge in [-0.3, -0.25) is 4.79 Å². The van der Waals surface area contributed by atoms with Crippen LogP contribution in [0.5, 0.6) is 11.5 Å². The number of piperidine rings is 1. The summed E-state index contributed by atoms with van der Waals surface area (Å²) in [5, 5.41) is 23.0. The van der Waals surface area contributed by atoms with Gasteiger partial charge in [-0.15, -0.1) is 0 Å². The fourth-order valence-electron chi connectivity index (χ4n) is 5.14. The largest absolute Gasteiger partial charge is 0.492 e. The number of benzene rings is 2. The lowest BCUT2D eigenvalue weighted by atomic mass is 9.88. The minimum atomic E-state index is -0.458. The summed E-state index contributed by atoms with van der Waals surface area (Å²) in [7, 11) is 3.95. The summed E-state index contributed by atoms with van der Waals surface area (Å²) >= 11 is 0. The number of halogens is 1. The van der Waals surface area contributed by atoms with Gasteiger partial charge in [-0.25, -0.2) is 4.39 Å². The number of nitriles is 1. The second-order valence-corrected chi connectivity index (χ2v) is 10.7. The Labute approximate surface area is 236 Å². The average Bonchev–Trinajstić information content (AvgIpc) is 2.94. The van der Waals surface area contributed by atoms with Crippen LogP contribution in [0.2, 0.25) is 0 Å². The van der Waals surface area contributed by atoms with E-state index in [0.29, 0.717) is 43.3 Å². The van der Waals surface area contributed by atoms with Gasteiger partial charge >= 0.3 is 0 Å². The summed E-state index contributed by atoms with van der Waals surface area (Å²) < 4.78 is 26.6. The first-order valence-electron chi connectivity index (χ1n) is 14.2. The maximum atomic E-state index is 15.0. The van der Waals surface area contributed by atoms with E-state index in [9.17, 15) is 10.1 Å². The van der Waals surface area contributed by atoms with Crippen molar-refractivity contribution < 1.29 is 18.7 Å². The molecule has 3 atom stereocenters. The molecule has 4 rings (SSSR count). The molecule has 9 nitrogen and oxygen atoms in total. The zero-order valence-electron chi connectivity index (χ0n) is 23.7. The highest BCUT2D eigenvalue weighted by molar-refractivity contribution is 5.93. The van der Waals surface area contributed by atoms with E-state index in [1.165, 1.54) is 6.07 Å². The summed E-state index contributed by atoms with van der Waals surface area (Å²) in [5.41, 5.74) is 2.70. The van der Waals surface area contributed by atoms with Gasteiger partial charge in [-0.1, -0.05) is 6.42 Å². The third-order valence-electron chi connectivity index (χ3n) is 7.26. The maximum Gasteiger partial charge on any atom is 0.224 e. The van der Waals surface area contributed by atoms with Crippen LogP contribution in [-0.4, -0.2) is 63.8 Å². The van der Waals surface area contributed by atoms with E-state index < -0.39 is 17.8 Å². The molecule has 0 bridgehead atoms. The highest BCUT2D eigenvalue weighted by Crippen LogP contribution is 2.42. The van der Waals surface area contributed by atoms with Crippen LogP contribution >= 0.6 is 0 Å². The zero-order chi connectivity index (χ0) is 28.5. The minimum Gasteiger partial charge on any atom is -0.492 e. The summed E-state index contributed by atoms with van der Waals surface area (Å²) in [6, 6.07) is 10.7. The monoisotopic (exact) mass is 552 g/mol. The van der Waals surface area contributed by atoms with Gasteiger partial charge in [0.25, 0.3) is 0 Å². The van der Waals surface area contributed by atoms with Crippen molar-refractivity contribution >= 4 is 23.0 Å². The van der Waals surface area contributed by atoms with E-state index in [0.717, 1.165) is 50.0 Å². The predicted octanol–water partition coefficient (Wildman–Crippen LogP) is 4.74. The molecule has 10 heteroatoms. The second kappa shape index (κ2) is 14.2. The maximum absolute atomic E-state index is 15.0. The molecule has 1 fully saturated rings. The Kier molecular flexibility index (Phi) is 10.4. The van der Waals surface area contributed by atoms with Crippen molar-refractivity contribution in [3.63, 3.8) is 0 Å². The van der Waals surface area contributed by atoms with Gasteiger partial charge in [-0.2, -0.15) is 5.26 Å². The Hall–Kier alpha value is -3.55. The number of hydrogen-bond acceptors (Lipinski definition) is 8. The molecule has 0 aliphatic carbocycles. The van der Waals surface area contributed by atoms with Crippen molar-refractivity contribution in [2.75, 3.05) is 62.9 Å². The molecule has 3 unspecified atom stereocenters. The van der Waals surface area contributed by atoms with Crippen molar-refractivity contribution in [1.29, 1.82) is 5.26 Å². The zero-order valence-corrected chi connectivity index (χ0v) is 23.7. The van der Waals surface area contributed by atoms with Crippen LogP contribution in [0.1, 0.15) is 50.6 Å². The Morgan fingerprint density at radius 2 is 2.05 bits per heavy atom. The first-order chi connectivity index (χ1) is 19.4. The van der Waals surface area contributed by atoms with Crippen molar-refractivity contribution in [3.8, 4) is 17.6 Å². The number of anilines is 3. The molecule has 2 aliphatic rings. The van der Waals surface area contributed by atoms with Crippen molar-refractivity contribution in [2.45, 2.75) is 51.1 Å². The van der Waals surface area contributed by atoms with E-state index >= 15 is 4.39 Å². The van der Waals surface area contributed by atoms with E-state index in [4.69, 9.17) is 9.47 Å². The molecule has 2 aromatic rings. The smallest absolute Gasteiger partial charge is 0.224 e. The standard InChI is InChI=1S/C30H41FN6O3/c1-4-39-28-16-25-23(15-26(28)36-29(38)9-7-13-37(2)3)30(20(17-32)18-34-25)35-21-10-11-27(24(31)14-21)40-19-22-8-5-6-12-33-22/h10-11,14-16,20,22,30,33-35H,4-9,12-13,18-19H2,1-3H3,(H,36,38). The molecule has 4 N–H and O–H groups in total. The first kappa shape index (κ1) is 29.4. The topological polar surface area (TPSA) is 111 Å². The van der Waals surface area contributed by atoms with Crippen molar-refractivity contribution in [1.82, 2.24) is 10.2 Å². The molecule has 1 amide bonds. The van der Waals surface area contributed by atoms with Crippen molar-refractivity contribution in [3.05, 3.63) is 41.7 Å². The highest BCUT2D eigenvalue weighted by Gasteiger charge is 2.31. The number of ether oxygens (including phenoxy) is 2. The Balaban J connectivity index is 1.52. The molecular formula is C30H41FN6O3. The SMILES string of the molecule is CCOc1cc2c(cc1NC(=O)CCCN(C)C)C(Nc1ccc(OCC3CCCCN3)c(F)c1)C(C#N)CN2.